The normalized spacial score (nSPS) is 23.5. The highest BCUT2D eigenvalue weighted by atomic mass is 32.1. The number of rotatable bonds is 4. The molecule has 2 aliphatic rings. The van der Waals surface area contributed by atoms with Crippen LogP contribution in [0, 0.1) is 0 Å². The highest BCUT2D eigenvalue weighted by molar-refractivity contribution is 7.07. The average Bonchev–Trinajstić information content (AvgIpc) is 3.44. The van der Waals surface area contributed by atoms with Crippen molar-refractivity contribution in [3.05, 3.63) is 40.3 Å². The predicted molar refractivity (Wildman–Crippen MR) is 106 cm³/mol. The number of carbonyl (C=O) groups is 2. The Kier molecular flexibility index (Phi) is 7.34. The number of ether oxygens (including phenoxy) is 1. The van der Waals surface area contributed by atoms with Crippen molar-refractivity contribution >= 4 is 23.2 Å². The molecule has 0 unspecified atom stereocenters. The van der Waals surface area contributed by atoms with E-state index in [1.807, 2.05) is 7.05 Å². The van der Waals surface area contributed by atoms with Gasteiger partial charge in [0.05, 0.1) is 23.9 Å². The number of aliphatic carboxylic acids is 1. The molecule has 2 aromatic heterocycles. The van der Waals surface area contributed by atoms with Crippen LogP contribution in [0.25, 0.3) is 0 Å². The summed E-state index contributed by atoms with van der Waals surface area (Å²) in [6.07, 6.45) is 0.565. The number of nitrogens with zero attached hydrogens (tertiary/aromatic N) is 3. The number of hydrogen-bond donors (Lipinski definition) is 2. The molecule has 31 heavy (non-hydrogen) atoms. The number of hydrogen-bond acceptors (Lipinski definition) is 6. The Labute approximate surface area is 180 Å². The van der Waals surface area contributed by atoms with Gasteiger partial charge >= 0.3 is 12.1 Å². The molecule has 170 valence electrons. The van der Waals surface area contributed by atoms with Gasteiger partial charge in [-0.3, -0.25) is 14.4 Å². The molecule has 2 aliphatic heterocycles. The summed E-state index contributed by atoms with van der Waals surface area (Å²) in [5.74, 6) is -2.83. The van der Waals surface area contributed by atoms with Gasteiger partial charge in [-0.1, -0.05) is 0 Å². The van der Waals surface area contributed by atoms with E-state index in [-0.39, 0.29) is 18.1 Å². The van der Waals surface area contributed by atoms with Crippen molar-refractivity contribution in [1.29, 1.82) is 0 Å². The van der Waals surface area contributed by atoms with Crippen molar-refractivity contribution in [1.82, 2.24) is 20.0 Å². The number of carboxylic acid groups (broad SMARTS) is 1. The lowest BCUT2D eigenvalue weighted by atomic mass is 10.0. The van der Waals surface area contributed by atoms with Crippen LogP contribution < -0.4 is 5.32 Å². The second kappa shape index (κ2) is 9.79. The molecule has 8 nitrogen and oxygen atoms in total. The Morgan fingerprint density at radius 2 is 2.16 bits per heavy atom. The van der Waals surface area contributed by atoms with E-state index < -0.39 is 12.1 Å². The average molecular weight is 460 g/mol. The van der Waals surface area contributed by atoms with Crippen molar-refractivity contribution in [2.24, 2.45) is 7.05 Å². The van der Waals surface area contributed by atoms with Crippen LogP contribution >= 0.6 is 11.3 Å². The molecular formula is C19H23F3N4O4S. The fourth-order valence-electron chi connectivity index (χ4n) is 3.77. The van der Waals surface area contributed by atoms with Crippen LogP contribution in [0.2, 0.25) is 0 Å². The molecule has 0 spiro atoms. The van der Waals surface area contributed by atoms with Gasteiger partial charge in [0.25, 0.3) is 5.91 Å². The van der Waals surface area contributed by atoms with Gasteiger partial charge in [0.2, 0.25) is 0 Å². The molecule has 2 saturated heterocycles. The number of aromatic nitrogens is 2. The minimum absolute atomic E-state index is 0.0293. The van der Waals surface area contributed by atoms with Crippen molar-refractivity contribution in [2.45, 2.75) is 43.8 Å². The van der Waals surface area contributed by atoms with Gasteiger partial charge in [-0.2, -0.15) is 29.6 Å². The first-order valence-corrected chi connectivity index (χ1v) is 10.6. The molecule has 2 N–H and O–H groups in total. The molecule has 0 aliphatic carbocycles. The third-order valence-electron chi connectivity index (χ3n) is 5.12. The van der Waals surface area contributed by atoms with E-state index in [1.54, 1.807) is 28.4 Å². The molecule has 4 heterocycles. The zero-order valence-electron chi connectivity index (χ0n) is 16.7. The monoisotopic (exact) mass is 460 g/mol. The zero-order chi connectivity index (χ0) is 22.6. The number of halogens is 3. The van der Waals surface area contributed by atoms with Crippen molar-refractivity contribution in [3.8, 4) is 0 Å². The summed E-state index contributed by atoms with van der Waals surface area (Å²) < 4.78 is 39.4. The summed E-state index contributed by atoms with van der Waals surface area (Å²) in [7, 11) is 1.81. The van der Waals surface area contributed by atoms with Crippen molar-refractivity contribution in [3.63, 3.8) is 0 Å². The molecule has 12 heteroatoms. The number of alkyl halides is 3. The molecule has 1 amide bonds. The SMILES string of the molecule is Cn1cc(C(=O)N[C@@H]2CN(Cc3ccsc3)[C@@H]3CCCO[C@@H]32)cn1.O=C(O)C(F)(F)F. The predicted octanol–water partition coefficient (Wildman–Crippen LogP) is 2.28. The molecule has 0 bridgehead atoms. The van der Waals surface area contributed by atoms with Crippen LogP contribution in [0.3, 0.4) is 0 Å². The van der Waals surface area contributed by atoms with Gasteiger partial charge in [0, 0.05) is 39.0 Å². The first kappa shape index (κ1) is 23.2. The number of carbonyl (C=O) groups excluding carboxylic acids is 1. The van der Waals surface area contributed by atoms with E-state index in [1.165, 1.54) is 5.56 Å². The second-order valence-electron chi connectivity index (χ2n) is 7.39. The molecule has 0 radical (unpaired) electrons. The molecule has 2 aromatic rings. The number of aryl methyl sites for hydroxylation is 1. The lowest BCUT2D eigenvalue weighted by Crippen LogP contribution is -2.47. The van der Waals surface area contributed by atoms with E-state index in [4.69, 9.17) is 14.6 Å². The summed E-state index contributed by atoms with van der Waals surface area (Å²) in [6, 6.07) is 2.59. The zero-order valence-corrected chi connectivity index (χ0v) is 17.5. The highest BCUT2D eigenvalue weighted by Crippen LogP contribution is 2.30. The number of nitrogens with one attached hydrogen (secondary N) is 1. The lowest BCUT2D eigenvalue weighted by molar-refractivity contribution is -0.192. The molecule has 4 rings (SSSR count). The van der Waals surface area contributed by atoms with Crippen LogP contribution in [0.1, 0.15) is 28.8 Å². The number of likely N-dealkylation sites (tertiary alicyclic amines) is 1. The Balaban J connectivity index is 0.000000339. The Morgan fingerprint density at radius 1 is 1.42 bits per heavy atom. The lowest BCUT2D eigenvalue weighted by Gasteiger charge is -2.32. The Morgan fingerprint density at radius 3 is 2.74 bits per heavy atom. The van der Waals surface area contributed by atoms with Gasteiger partial charge < -0.3 is 15.2 Å². The van der Waals surface area contributed by atoms with E-state index in [0.29, 0.717) is 11.6 Å². The van der Waals surface area contributed by atoms with E-state index in [9.17, 15) is 18.0 Å². The highest BCUT2D eigenvalue weighted by Gasteiger charge is 2.44. The third-order valence-corrected chi connectivity index (χ3v) is 5.85. The summed E-state index contributed by atoms with van der Waals surface area (Å²) in [5, 5.41) is 18.7. The Bertz CT molecular complexity index is 887. The minimum Gasteiger partial charge on any atom is -0.475 e. The first-order valence-electron chi connectivity index (χ1n) is 9.61. The minimum atomic E-state index is -5.08. The van der Waals surface area contributed by atoms with E-state index >= 15 is 0 Å². The summed E-state index contributed by atoms with van der Waals surface area (Å²) >= 11 is 1.73. The van der Waals surface area contributed by atoms with Gasteiger partial charge in [-0.15, -0.1) is 0 Å². The summed E-state index contributed by atoms with van der Waals surface area (Å²) in [6.45, 7) is 2.54. The topological polar surface area (TPSA) is 96.7 Å². The Hall–Kier alpha value is -2.44. The second-order valence-corrected chi connectivity index (χ2v) is 8.17. The van der Waals surface area contributed by atoms with Crippen LogP contribution in [0.15, 0.2) is 29.2 Å². The quantitative estimate of drug-likeness (QED) is 0.727. The van der Waals surface area contributed by atoms with E-state index in [2.05, 4.69) is 32.1 Å². The van der Waals surface area contributed by atoms with Crippen LogP contribution in [0.5, 0.6) is 0 Å². The van der Waals surface area contributed by atoms with Crippen molar-refractivity contribution in [2.75, 3.05) is 13.2 Å². The maximum absolute atomic E-state index is 12.5. The van der Waals surface area contributed by atoms with Crippen LogP contribution in [0.4, 0.5) is 13.2 Å². The third kappa shape index (κ3) is 6.05. The smallest absolute Gasteiger partial charge is 0.475 e. The van der Waals surface area contributed by atoms with E-state index in [0.717, 1.165) is 32.5 Å². The molecule has 3 atom stereocenters. The van der Waals surface area contributed by atoms with Crippen LogP contribution in [-0.2, 0) is 23.1 Å². The number of amides is 1. The summed E-state index contributed by atoms with van der Waals surface area (Å²) in [4.78, 5) is 23.8. The van der Waals surface area contributed by atoms with Gasteiger partial charge in [-0.05, 0) is 35.2 Å². The molecule has 0 saturated carbocycles. The van der Waals surface area contributed by atoms with Gasteiger partial charge in [0.15, 0.2) is 0 Å². The number of thiophene rings is 1. The maximum Gasteiger partial charge on any atom is 0.490 e. The fourth-order valence-corrected chi connectivity index (χ4v) is 4.43. The largest absolute Gasteiger partial charge is 0.490 e. The first-order chi connectivity index (χ1) is 14.6. The number of fused-ring (bicyclic) bond motifs is 1. The fraction of sp³-hybridized carbons (Fsp3) is 0.526. The standard InChI is InChI=1S/C17H22N4O2S.C2HF3O2/c1-20-9-13(7-18-20)17(22)19-14-10-21(8-12-4-6-24-11-12)15-3-2-5-23-16(14)15;3-2(4,5)1(6)7/h4,6-7,9,11,14-16H,2-3,5,8,10H2,1H3,(H,19,22);(H,6,7)/t14-,15-,16-;/m1./s1. The molecule has 2 fully saturated rings. The number of carboxylic acids is 1. The molecular weight excluding hydrogens is 437 g/mol. The summed E-state index contributed by atoms with van der Waals surface area (Å²) in [5.41, 5.74) is 1.93. The van der Waals surface area contributed by atoms with Crippen molar-refractivity contribution < 1.29 is 32.6 Å². The maximum atomic E-state index is 12.5. The van der Waals surface area contributed by atoms with Gasteiger partial charge in [-0.25, -0.2) is 4.79 Å². The van der Waals surface area contributed by atoms with Crippen LogP contribution in [-0.4, -0.2) is 69.2 Å². The molecule has 0 aromatic carbocycles. The van der Waals surface area contributed by atoms with Gasteiger partial charge in [0.1, 0.15) is 0 Å².